The van der Waals surface area contributed by atoms with Gasteiger partial charge in [0.25, 0.3) is 0 Å². The molecule has 0 aliphatic carbocycles. The van der Waals surface area contributed by atoms with Crippen molar-refractivity contribution in [2.24, 2.45) is 0 Å². The second-order valence-corrected chi connectivity index (χ2v) is 13.0. The van der Waals surface area contributed by atoms with Gasteiger partial charge in [0.15, 0.2) is 0 Å². The van der Waals surface area contributed by atoms with E-state index in [1.54, 1.807) is 24.3 Å². The summed E-state index contributed by atoms with van der Waals surface area (Å²) in [6, 6.07) is 8.98. The molecule has 138 valence electrons. The second kappa shape index (κ2) is 8.62. The van der Waals surface area contributed by atoms with Crippen molar-refractivity contribution < 1.29 is 13.6 Å². The first-order chi connectivity index (χ1) is 11.5. The normalized spacial score (nSPS) is 12.3. The van der Waals surface area contributed by atoms with Gasteiger partial charge in [-0.05, 0) is 28.1 Å². The van der Waals surface area contributed by atoms with Crippen LogP contribution in [0.5, 0.6) is 0 Å². The van der Waals surface area contributed by atoms with E-state index in [0.717, 1.165) is 5.56 Å². The zero-order chi connectivity index (χ0) is 19.3. The number of nitrogens with one attached hydrogen (secondary N) is 1. The van der Waals surface area contributed by atoms with Crippen LogP contribution < -0.4 is 5.32 Å². The molecule has 0 aliphatic rings. The zero-order valence-corrected chi connectivity index (χ0v) is 17.0. The first-order valence-electron chi connectivity index (χ1n) is 8.78. The van der Waals surface area contributed by atoms with E-state index in [0.29, 0.717) is 0 Å². The van der Waals surface area contributed by atoms with Crippen LogP contribution in [0.4, 0.5) is 8.78 Å². The van der Waals surface area contributed by atoms with Crippen molar-refractivity contribution in [2.75, 3.05) is 0 Å². The van der Waals surface area contributed by atoms with E-state index < -0.39 is 19.9 Å². The zero-order valence-electron chi connectivity index (χ0n) is 16.0. The highest BCUT2D eigenvalue weighted by atomic mass is 28.3. The predicted octanol–water partition coefficient (Wildman–Crippen LogP) is 5.16. The minimum atomic E-state index is -3.67. The van der Waals surface area contributed by atoms with Gasteiger partial charge >= 0.3 is 11.8 Å². The molecule has 0 unspecified atom stereocenters. The Bertz CT molecular complexity index is 608. The maximum absolute atomic E-state index is 14.3. The lowest BCUT2D eigenvalue weighted by molar-refractivity contribution is -0.138. The number of carbonyl (C=O) groups is 1. The van der Waals surface area contributed by atoms with Crippen molar-refractivity contribution in [3.8, 4) is 11.5 Å². The van der Waals surface area contributed by atoms with Crippen LogP contribution in [0.25, 0.3) is 0 Å². The number of hydrogen-bond acceptors (Lipinski definition) is 1. The predicted molar refractivity (Wildman–Crippen MR) is 102 cm³/mol. The summed E-state index contributed by atoms with van der Waals surface area (Å²) in [6.45, 7) is 12.4. The van der Waals surface area contributed by atoms with Crippen molar-refractivity contribution in [1.29, 1.82) is 0 Å². The summed E-state index contributed by atoms with van der Waals surface area (Å²) in [5.41, 5.74) is 4.42. The third-order valence-electron chi connectivity index (χ3n) is 4.88. The number of benzene rings is 1. The number of amides is 1. The van der Waals surface area contributed by atoms with Gasteiger partial charge in [0.1, 0.15) is 8.07 Å². The maximum atomic E-state index is 14.3. The SMILES string of the molecule is CC(C)[Si](C#CC(F)(F)C(=O)NCc1ccccc1)(C(C)C)C(C)C. The average molecular weight is 366 g/mol. The summed E-state index contributed by atoms with van der Waals surface area (Å²) in [7, 11) is -2.29. The molecule has 0 aromatic heterocycles. The molecule has 0 saturated heterocycles. The molecule has 0 heterocycles. The lowest BCUT2D eigenvalue weighted by atomic mass is 10.2. The molecule has 1 N–H and O–H groups in total. The highest BCUT2D eigenvalue weighted by Crippen LogP contribution is 2.41. The third-order valence-corrected chi connectivity index (χ3v) is 11.2. The number of rotatable bonds is 6. The summed E-state index contributed by atoms with van der Waals surface area (Å²) in [5.74, 6) is -2.96. The molecule has 1 amide bonds. The van der Waals surface area contributed by atoms with Gasteiger partial charge < -0.3 is 5.32 Å². The van der Waals surface area contributed by atoms with Crippen LogP contribution in [-0.2, 0) is 11.3 Å². The Labute approximate surface area is 151 Å². The van der Waals surface area contributed by atoms with E-state index in [-0.39, 0.29) is 23.2 Å². The standard InChI is InChI=1S/C20H29F2NOSi/c1-15(2)25(16(3)4,17(5)6)13-12-20(21,22)19(24)23-14-18-10-8-7-9-11-18/h7-11,15-17H,14H2,1-6H3,(H,23,24). The molecule has 0 atom stereocenters. The molecular formula is C20H29F2NOSi. The minimum absolute atomic E-state index is 0.0675. The Morgan fingerprint density at radius 2 is 1.52 bits per heavy atom. The van der Waals surface area contributed by atoms with E-state index in [2.05, 4.69) is 52.4 Å². The summed E-state index contributed by atoms with van der Waals surface area (Å²) >= 11 is 0. The van der Waals surface area contributed by atoms with Crippen LogP contribution in [0.2, 0.25) is 16.6 Å². The number of halogens is 2. The average Bonchev–Trinajstić information content (AvgIpc) is 2.52. The van der Waals surface area contributed by atoms with E-state index in [1.165, 1.54) is 0 Å². The molecule has 0 bridgehead atoms. The Kier molecular flexibility index (Phi) is 7.37. The van der Waals surface area contributed by atoms with Crippen molar-refractivity contribution >= 4 is 14.0 Å². The van der Waals surface area contributed by atoms with E-state index in [4.69, 9.17) is 0 Å². The van der Waals surface area contributed by atoms with Gasteiger partial charge in [0.2, 0.25) is 0 Å². The molecule has 1 aromatic rings. The fraction of sp³-hybridized carbons (Fsp3) is 0.550. The van der Waals surface area contributed by atoms with Crippen molar-refractivity contribution in [1.82, 2.24) is 5.32 Å². The first-order valence-corrected chi connectivity index (χ1v) is 11.0. The lowest BCUT2D eigenvalue weighted by Crippen LogP contribution is -2.45. The molecule has 0 radical (unpaired) electrons. The van der Waals surface area contributed by atoms with E-state index in [1.807, 2.05) is 12.0 Å². The molecule has 25 heavy (non-hydrogen) atoms. The summed E-state index contributed by atoms with van der Waals surface area (Å²) in [6.07, 6.45) is 0. The highest BCUT2D eigenvalue weighted by molar-refractivity contribution is 6.90. The second-order valence-electron chi connectivity index (χ2n) is 7.39. The quantitative estimate of drug-likeness (QED) is 0.547. The van der Waals surface area contributed by atoms with Crippen molar-refractivity contribution in [2.45, 2.75) is 70.6 Å². The van der Waals surface area contributed by atoms with Gasteiger partial charge in [0, 0.05) is 6.54 Å². The van der Waals surface area contributed by atoms with Crippen LogP contribution in [0.15, 0.2) is 30.3 Å². The first kappa shape index (κ1) is 21.4. The molecule has 1 aromatic carbocycles. The van der Waals surface area contributed by atoms with Gasteiger partial charge in [-0.1, -0.05) is 71.9 Å². The van der Waals surface area contributed by atoms with Crippen LogP contribution >= 0.6 is 0 Å². The maximum Gasteiger partial charge on any atom is 0.384 e. The summed E-state index contributed by atoms with van der Waals surface area (Å²) < 4.78 is 28.6. The third kappa shape index (κ3) is 5.15. The molecule has 0 fully saturated rings. The van der Waals surface area contributed by atoms with Crippen LogP contribution in [-0.4, -0.2) is 19.9 Å². The van der Waals surface area contributed by atoms with Gasteiger partial charge in [-0.15, -0.1) is 5.54 Å². The number of alkyl halides is 2. The Morgan fingerprint density at radius 3 is 1.96 bits per heavy atom. The highest BCUT2D eigenvalue weighted by Gasteiger charge is 2.44. The van der Waals surface area contributed by atoms with Crippen molar-refractivity contribution in [3.63, 3.8) is 0 Å². The molecule has 2 nitrogen and oxygen atoms in total. The van der Waals surface area contributed by atoms with Gasteiger partial charge in [0.05, 0.1) is 0 Å². The summed E-state index contributed by atoms with van der Waals surface area (Å²) in [4.78, 5) is 11.9. The smallest absolute Gasteiger partial charge is 0.346 e. The Balaban J connectivity index is 2.98. The largest absolute Gasteiger partial charge is 0.384 e. The van der Waals surface area contributed by atoms with Crippen LogP contribution in [0.1, 0.15) is 47.1 Å². The number of carbonyl (C=O) groups excluding carboxylic acids is 1. The monoisotopic (exact) mass is 365 g/mol. The lowest BCUT2D eigenvalue weighted by Gasteiger charge is -2.38. The minimum Gasteiger partial charge on any atom is -0.346 e. The molecule has 0 saturated carbocycles. The molecular weight excluding hydrogens is 336 g/mol. The Hall–Kier alpha value is -1.67. The van der Waals surface area contributed by atoms with Gasteiger partial charge in [-0.2, -0.15) is 8.78 Å². The molecule has 5 heteroatoms. The van der Waals surface area contributed by atoms with E-state index >= 15 is 0 Å². The van der Waals surface area contributed by atoms with E-state index in [9.17, 15) is 13.6 Å². The van der Waals surface area contributed by atoms with Gasteiger partial charge in [-0.3, -0.25) is 4.79 Å². The van der Waals surface area contributed by atoms with Crippen LogP contribution in [0.3, 0.4) is 0 Å². The topological polar surface area (TPSA) is 29.1 Å². The fourth-order valence-corrected chi connectivity index (χ4v) is 8.81. The summed E-state index contributed by atoms with van der Waals surface area (Å²) in [5, 5.41) is 2.29. The van der Waals surface area contributed by atoms with Crippen LogP contribution in [0, 0.1) is 11.5 Å². The van der Waals surface area contributed by atoms with Gasteiger partial charge in [-0.25, -0.2) is 0 Å². The van der Waals surface area contributed by atoms with Crippen molar-refractivity contribution in [3.05, 3.63) is 35.9 Å². The molecule has 0 spiro atoms. The Morgan fingerprint density at radius 1 is 1.04 bits per heavy atom. The fourth-order valence-electron chi connectivity index (χ4n) is 3.57. The molecule has 1 rings (SSSR count). The number of hydrogen-bond donors (Lipinski definition) is 1. The molecule has 0 aliphatic heterocycles.